The van der Waals surface area contributed by atoms with Crippen LogP contribution in [0.3, 0.4) is 0 Å². The molecule has 1 aliphatic rings. The van der Waals surface area contributed by atoms with Gasteiger partial charge < -0.3 is 25.4 Å². The molecule has 7 nitrogen and oxygen atoms in total. The Morgan fingerprint density at radius 1 is 0.947 bits per heavy atom. The van der Waals surface area contributed by atoms with E-state index in [2.05, 4.69) is 5.32 Å². The Balaban J connectivity index is 1.56. The lowest BCUT2D eigenvalue weighted by molar-refractivity contribution is 0.0979. The van der Waals surface area contributed by atoms with Gasteiger partial charge in [-0.15, -0.1) is 0 Å². The highest BCUT2D eigenvalue weighted by atomic mass is 16.5. The second-order valence-electron chi connectivity index (χ2n) is 9.44. The van der Waals surface area contributed by atoms with E-state index in [-0.39, 0.29) is 17.8 Å². The molecule has 0 bridgehead atoms. The lowest BCUT2D eigenvalue weighted by atomic mass is 10.0. The van der Waals surface area contributed by atoms with Crippen molar-refractivity contribution in [2.45, 2.75) is 25.5 Å². The standard InChI is InChI=1S/C31H32N4O3/c1-37-28-8-4-2-6-26(28)31(36)35(27-7-3-5-9-29(27)38-25-14-16-34-17-15-25)20-21-10-11-22-12-13-23(30(32)33)19-24(22)18-21/h2-13,18-19,25,34H,14-17,20H2,1H3,(H3,32,33). The number of amides is 1. The second-order valence-corrected chi connectivity index (χ2v) is 9.44. The molecule has 5 rings (SSSR count). The van der Waals surface area contributed by atoms with Gasteiger partial charge in [0, 0.05) is 5.56 Å². The van der Waals surface area contributed by atoms with E-state index in [1.165, 1.54) is 0 Å². The summed E-state index contributed by atoms with van der Waals surface area (Å²) in [6.07, 6.45) is 1.92. The molecule has 4 aromatic rings. The monoisotopic (exact) mass is 508 g/mol. The summed E-state index contributed by atoms with van der Waals surface area (Å²) in [7, 11) is 1.57. The predicted octanol–water partition coefficient (Wildman–Crippen LogP) is 5.11. The summed E-state index contributed by atoms with van der Waals surface area (Å²) >= 11 is 0. The Bertz CT molecular complexity index is 1460. The summed E-state index contributed by atoms with van der Waals surface area (Å²) in [6.45, 7) is 2.15. The molecule has 0 saturated carbocycles. The smallest absolute Gasteiger partial charge is 0.262 e. The van der Waals surface area contributed by atoms with Gasteiger partial charge in [0.05, 0.1) is 24.9 Å². The number of hydrogen-bond donors (Lipinski definition) is 3. The maximum absolute atomic E-state index is 14.1. The Kier molecular flexibility index (Phi) is 7.56. The molecular weight excluding hydrogens is 476 g/mol. The fraction of sp³-hybridized carbons (Fsp3) is 0.226. The number of nitrogens with one attached hydrogen (secondary N) is 2. The lowest BCUT2D eigenvalue weighted by Gasteiger charge is -2.29. The van der Waals surface area contributed by atoms with Gasteiger partial charge in [0.25, 0.3) is 5.91 Å². The molecule has 4 N–H and O–H groups in total. The van der Waals surface area contributed by atoms with E-state index in [0.29, 0.717) is 34.9 Å². The first-order valence-electron chi connectivity index (χ1n) is 12.8. The molecule has 1 heterocycles. The molecule has 1 fully saturated rings. The molecule has 4 aromatic carbocycles. The first-order chi connectivity index (χ1) is 18.5. The highest BCUT2D eigenvalue weighted by Crippen LogP contribution is 2.34. The number of amidine groups is 1. The van der Waals surface area contributed by atoms with Crippen molar-refractivity contribution in [3.05, 3.63) is 102 Å². The predicted molar refractivity (Wildman–Crippen MR) is 151 cm³/mol. The third-order valence-electron chi connectivity index (χ3n) is 6.87. The normalized spacial score (nSPS) is 13.7. The van der Waals surface area contributed by atoms with Gasteiger partial charge in [0.1, 0.15) is 23.4 Å². The molecule has 0 radical (unpaired) electrons. The SMILES string of the molecule is COc1ccccc1C(=O)N(Cc1ccc2ccc(C(=N)N)cc2c1)c1ccccc1OC1CCNCC1. The summed E-state index contributed by atoms with van der Waals surface area (Å²) in [6, 6.07) is 26.8. The number of carbonyl (C=O) groups is 1. The number of para-hydroxylation sites is 3. The number of benzene rings is 4. The zero-order valence-electron chi connectivity index (χ0n) is 21.4. The van der Waals surface area contributed by atoms with E-state index >= 15 is 0 Å². The minimum Gasteiger partial charge on any atom is -0.496 e. The average Bonchev–Trinajstić information content (AvgIpc) is 2.96. The Morgan fingerprint density at radius 3 is 2.42 bits per heavy atom. The van der Waals surface area contributed by atoms with Crippen molar-refractivity contribution in [1.82, 2.24) is 5.32 Å². The zero-order valence-corrected chi connectivity index (χ0v) is 21.4. The third-order valence-corrected chi connectivity index (χ3v) is 6.87. The van der Waals surface area contributed by atoms with E-state index in [1.54, 1.807) is 24.1 Å². The van der Waals surface area contributed by atoms with Crippen LogP contribution in [-0.2, 0) is 6.54 Å². The van der Waals surface area contributed by atoms with Crippen molar-refractivity contribution in [1.29, 1.82) is 5.41 Å². The van der Waals surface area contributed by atoms with Gasteiger partial charge in [0.15, 0.2) is 0 Å². The lowest BCUT2D eigenvalue weighted by Crippen LogP contribution is -2.35. The number of anilines is 1. The number of methoxy groups -OCH3 is 1. The van der Waals surface area contributed by atoms with Gasteiger partial charge in [-0.25, -0.2) is 0 Å². The topological polar surface area (TPSA) is 101 Å². The number of carbonyl (C=O) groups excluding carboxylic acids is 1. The van der Waals surface area contributed by atoms with Crippen molar-refractivity contribution >= 4 is 28.2 Å². The van der Waals surface area contributed by atoms with Gasteiger partial charge in [-0.1, -0.05) is 48.5 Å². The minimum absolute atomic E-state index is 0.0225. The number of nitrogens with zero attached hydrogens (tertiary/aromatic N) is 1. The van der Waals surface area contributed by atoms with Gasteiger partial charge in [0.2, 0.25) is 0 Å². The van der Waals surface area contributed by atoms with Crippen LogP contribution in [0.2, 0.25) is 0 Å². The molecule has 1 saturated heterocycles. The van der Waals surface area contributed by atoms with Crippen LogP contribution >= 0.6 is 0 Å². The molecule has 0 unspecified atom stereocenters. The number of piperidine rings is 1. The fourth-order valence-corrected chi connectivity index (χ4v) is 4.85. The zero-order chi connectivity index (χ0) is 26.5. The molecule has 1 aliphatic heterocycles. The highest BCUT2D eigenvalue weighted by Gasteiger charge is 2.25. The number of fused-ring (bicyclic) bond motifs is 1. The molecular formula is C31H32N4O3. The third kappa shape index (κ3) is 5.48. The van der Waals surface area contributed by atoms with Gasteiger partial charge >= 0.3 is 0 Å². The highest BCUT2D eigenvalue weighted by molar-refractivity contribution is 6.08. The van der Waals surface area contributed by atoms with Crippen molar-refractivity contribution in [3.8, 4) is 11.5 Å². The van der Waals surface area contributed by atoms with E-state index in [9.17, 15) is 4.79 Å². The van der Waals surface area contributed by atoms with Crippen molar-refractivity contribution in [2.24, 2.45) is 5.73 Å². The molecule has 0 aliphatic carbocycles. The van der Waals surface area contributed by atoms with Crippen LogP contribution < -0.4 is 25.4 Å². The number of nitrogens with two attached hydrogens (primary N) is 1. The average molecular weight is 509 g/mol. The van der Waals surface area contributed by atoms with Crippen molar-refractivity contribution in [2.75, 3.05) is 25.1 Å². The van der Waals surface area contributed by atoms with E-state index < -0.39 is 0 Å². The van der Waals surface area contributed by atoms with Crippen LogP contribution in [0, 0.1) is 5.41 Å². The summed E-state index contributed by atoms with van der Waals surface area (Å²) in [4.78, 5) is 15.9. The second kappa shape index (κ2) is 11.4. The first kappa shape index (κ1) is 25.3. The van der Waals surface area contributed by atoms with Crippen LogP contribution in [0.15, 0.2) is 84.9 Å². The molecule has 38 heavy (non-hydrogen) atoms. The molecule has 194 valence electrons. The number of ether oxygens (including phenoxy) is 2. The van der Waals surface area contributed by atoms with Gasteiger partial charge in [-0.2, -0.15) is 0 Å². The number of rotatable bonds is 8. The summed E-state index contributed by atoms with van der Waals surface area (Å²) in [5, 5.41) is 13.2. The Morgan fingerprint density at radius 2 is 1.66 bits per heavy atom. The van der Waals surface area contributed by atoms with Gasteiger partial charge in [-0.05, 0) is 78.7 Å². The van der Waals surface area contributed by atoms with Crippen molar-refractivity contribution < 1.29 is 14.3 Å². The molecule has 1 amide bonds. The first-order valence-corrected chi connectivity index (χ1v) is 12.8. The van der Waals surface area contributed by atoms with E-state index in [4.69, 9.17) is 20.6 Å². The summed E-state index contributed by atoms with van der Waals surface area (Å²) < 4.78 is 12.0. The summed E-state index contributed by atoms with van der Waals surface area (Å²) in [5.41, 5.74) is 8.52. The molecule has 7 heteroatoms. The number of hydrogen-bond acceptors (Lipinski definition) is 5. The largest absolute Gasteiger partial charge is 0.496 e. The molecule has 0 spiro atoms. The van der Waals surface area contributed by atoms with Crippen LogP contribution in [0.4, 0.5) is 5.69 Å². The van der Waals surface area contributed by atoms with Crippen LogP contribution in [-0.4, -0.2) is 38.0 Å². The quantitative estimate of drug-likeness (QED) is 0.227. The molecule has 0 atom stereocenters. The van der Waals surface area contributed by atoms with Crippen molar-refractivity contribution in [3.63, 3.8) is 0 Å². The van der Waals surface area contributed by atoms with Crippen LogP contribution in [0.5, 0.6) is 11.5 Å². The van der Waals surface area contributed by atoms with E-state index in [1.807, 2.05) is 72.8 Å². The van der Waals surface area contributed by atoms with Gasteiger partial charge in [-0.3, -0.25) is 10.2 Å². The summed E-state index contributed by atoms with van der Waals surface area (Å²) in [5.74, 6) is 1.04. The van der Waals surface area contributed by atoms with Crippen LogP contribution in [0.25, 0.3) is 10.8 Å². The fourth-order valence-electron chi connectivity index (χ4n) is 4.85. The van der Waals surface area contributed by atoms with Crippen LogP contribution in [0.1, 0.15) is 34.3 Å². The number of nitrogen functional groups attached to an aromatic ring is 1. The Labute approximate surface area is 222 Å². The maximum Gasteiger partial charge on any atom is 0.262 e. The Hall–Kier alpha value is -4.36. The minimum atomic E-state index is -0.179. The maximum atomic E-state index is 14.1. The molecule has 0 aromatic heterocycles. The van der Waals surface area contributed by atoms with E-state index in [0.717, 1.165) is 42.3 Å².